The van der Waals surface area contributed by atoms with Crippen molar-refractivity contribution < 1.29 is 14.8 Å². The second-order valence-electron chi connectivity index (χ2n) is 1.93. The molecule has 0 aromatic heterocycles. The summed E-state index contributed by atoms with van der Waals surface area (Å²) in [7, 11) is 0. The summed E-state index contributed by atoms with van der Waals surface area (Å²) in [4.78, 5) is 19.7. The summed E-state index contributed by atoms with van der Waals surface area (Å²) in [5.74, 6) is -1.55. The van der Waals surface area contributed by atoms with Gasteiger partial charge in [0, 0.05) is 12.3 Å². The van der Waals surface area contributed by atoms with E-state index in [1.165, 1.54) is 0 Å². The number of carboxylic acids is 1. The lowest BCUT2D eigenvalue weighted by Gasteiger charge is -2.11. The van der Waals surface area contributed by atoms with Crippen molar-refractivity contribution in [3.8, 4) is 0 Å². The van der Waals surface area contributed by atoms with Crippen molar-refractivity contribution in [1.82, 2.24) is 10.9 Å². The predicted molar refractivity (Wildman–Crippen MR) is 32.8 cm³/mol. The van der Waals surface area contributed by atoms with Crippen molar-refractivity contribution in [3.05, 3.63) is 22.4 Å². The maximum absolute atomic E-state index is 10.4. The maximum Gasteiger partial charge on any atom is 0.407 e. The van der Waals surface area contributed by atoms with Crippen molar-refractivity contribution >= 4 is 5.97 Å². The van der Waals surface area contributed by atoms with Crippen LogP contribution in [0.5, 0.6) is 0 Å². The van der Waals surface area contributed by atoms with Gasteiger partial charge in [-0.1, -0.05) is 0 Å². The molecule has 7 heteroatoms. The van der Waals surface area contributed by atoms with Crippen LogP contribution < -0.4 is 10.9 Å². The van der Waals surface area contributed by atoms with Crippen LogP contribution in [-0.2, 0) is 4.79 Å². The minimum absolute atomic E-state index is 0.925. The minimum atomic E-state index is -2.21. The molecule has 60 valence electrons. The standard InChI is InChI=1S/C4H5N3O4/c8-3(9)4(7(10)11)1-2-5-6-4/h1-2,5-6H,(H,8,9). The van der Waals surface area contributed by atoms with Gasteiger partial charge in [-0.05, 0) is 0 Å². The van der Waals surface area contributed by atoms with Crippen molar-refractivity contribution in [1.29, 1.82) is 0 Å². The van der Waals surface area contributed by atoms with E-state index in [0.717, 1.165) is 12.3 Å². The monoisotopic (exact) mass is 159 g/mol. The molecule has 0 aromatic rings. The first-order valence-electron chi connectivity index (χ1n) is 2.68. The van der Waals surface area contributed by atoms with Crippen LogP contribution in [0.2, 0.25) is 0 Å². The Bertz CT molecular complexity index is 221. The molecular weight excluding hydrogens is 154 g/mol. The molecule has 0 aromatic carbocycles. The summed E-state index contributed by atoms with van der Waals surface area (Å²) >= 11 is 0. The fourth-order valence-corrected chi connectivity index (χ4v) is 0.665. The summed E-state index contributed by atoms with van der Waals surface area (Å²) in [6.45, 7) is 0. The van der Waals surface area contributed by atoms with Crippen molar-refractivity contribution in [3.63, 3.8) is 0 Å². The van der Waals surface area contributed by atoms with Gasteiger partial charge in [0.15, 0.2) is 0 Å². The zero-order valence-electron chi connectivity index (χ0n) is 5.27. The topological polar surface area (TPSA) is 104 Å². The highest BCUT2D eigenvalue weighted by Gasteiger charge is 2.51. The quantitative estimate of drug-likeness (QED) is 0.340. The molecule has 0 amide bonds. The Kier molecular flexibility index (Phi) is 1.50. The van der Waals surface area contributed by atoms with Crippen LogP contribution in [-0.4, -0.2) is 21.7 Å². The van der Waals surface area contributed by atoms with Gasteiger partial charge in [-0.3, -0.25) is 10.1 Å². The van der Waals surface area contributed by atoms with E-state index in [2.05, 4.69) is 5.43 Å². The highest BCUT2D eigenvalue weighted by molar-refractivity contribution is 5.79. The molecule has 0 saturated carbocycles. The number of hydrazine groups is 1. The number of nitro groups is 1. The second-order valence-corrected chi connectivity index (χ2v) is 1.93. The Hall–Kier alpha value is -1.63. The molecule has 1 aliphatic heterocycles. The number of hydrogen-bond acceptors (Lipinski definition) is 5. The van der Waals surface area contributed by atoms with E-state index in [-0.39, 0.29) is 0 Å². The van der Waals surface area contributed by atoms with Crippen molar-refractivity contribution in [2.24, 2.45) is 0 Å². The number of rotatable bonds is 2. The van der Waals surface area contributed by atoms with Gasteiger partial charge >= 0.3 is 11.6 Å². The van der Waals surface area contributed by atoms with Gasteiger partial charge < -0.3 is 10.5 Å². The van der Waals surface area contributed by atoms with Crippen molar-refractivity contribution in [2.45, 2.75) is 5.66 Å². The normalized spacial score (nSPS) is 28.0. The average Bonchev–Trinajstić information content (AvgIpc) is 2.34. The Labute approximate surface area is 60.8 Å². The fourth-order valence-electron chi connectivity index (χ4n) is 0.665. The largest absolute Gasteiger partial charge is 0.475 e. The molecular formula is C4H5N3O4. The highest BCUT2D eigenvalue weighted by atomic mass is 16.6. The Morgan fingerprint density at radius 3 is 2.55 bits per heavy atom. The zero-order valence-corrected chi connectivity index (χ0v) is 5.27. The molecule has 0 spiro atoms. The molecule has 0 radical (unpaired) electrons. The van der Waals surface area contributed by atoms with E-state index < -0.39 is 16.6 Å². The molecule has 1 atom stereocenters. The number of carbonyl (C=O) groups is 1. The molecule has 0 bridgehead atoms. The van der Waals surface area contributed by atoms with Crippen LogP contribution in [0.4, 0.5) is 0 Å². The molecule has 0 aliphatic carbocycles. The average molecular weight is 159 g/mol. The molecule has 1 rings (SSSR count). The summed E-state index contributed by atoms with van der Waals surface area (Å²) in [6.07, 6.45) is 2.09. The fraction of sp³-hybridized carbons (Fsp3) is 0.250. The molecule has 1 unspecified atom stereocenters. The lowest BCUT2D eigenvalue weighted by atomic mass is 10.2. The zero-order chi connectivity index (χ0) is 8.48. The third-order valence-electron chi connectivity index (χ3n) is 1.28. The first-order valence-corrected chi connectivity index (χ1v) is 2.68. The van der Waals surface area contributed by atoms with E-state index >= 15 is 0 Å². The van der Waals surface area contributed by atoms with Gasteiger partial charge in [0.25, 0.3) is 0 Å². The Morgan fingerprint density at radius 2 is 2.36 bits per heavy atom. The number of nitrogens with one attached hydrogen (secondary N) is 2. The molecule has 0 saturated heterocycles. The molecule has 7 nitrogen and oxygen atoms in total. The van der Waals surface area contributed by atoms with Gasteiger partial charge in [0.2, 0.25) is 0 Å². The van der Waals surface area contributed by atoms with Gasteiger partial charge in [0.05, 0.1) is 4.92 Å². The minimum Gasteiger partial charge on any atom is -0.475 e. The van der Waals surface area contributed by atoms with Gasteiger partial charge in [-0.15, -0.1) is 0 Å². The van der Waals surface area contributed by atoms with Gasteiger partial charge in [-0.2, -0.15) is 5.43 Å². The maximum atomic E-state index is 10.4. The number of hydrogen-bond donors (Lipinski definition) is 3. The summed E-state index contributed by atoms with van der Waals surface area (Å²) in [5.41, 5.74) is 2.02. The lowest BCUT2D eigenvalue weighted by molar-refractivity contribution is -0.547. The van der Waals surface area contributed by atoms with E-state index in [0.29, 0.717) is 0 Å². The smallest absolute Gasteiger partial charge is 0.407 e. The lowest BCUT2D eigenvalue weighted by Crippen LogP contribution is -2.56. The second kappa shape index (κ2) is 2.20. The Morgan fingerprint density at radius 1 is 1.73 bits per heavy atom. The van der Waals surface area contributed by atoms with E-state index in [1.54, 1.807) is 0 Å². The van der Waals surface area contributed by atoms with Crippen LogP contribution in [0.3, 0.4) is 0 Å². The SMILES string of the molecule is O=C(O)C1([N+](=O)[O-])C=CNN1. The number of aliphatic carboxylic acids is 1. The van der Waals surface area contributed by atoms with E-state index in [9.17, 15) is 14.9 Å². The van der Waals surface area contributed by atoms with Crippen LogP contribution in [0.1, 0.15) is 0 Å². The Balaban J connectivity index is 2.98. The predicted octanol–water partition coefficient (Wildman–Crippen LogP) is -1.33. The van der Waals surface area contributed by atoms with Crippen LogP contribution in [0, 0.1) is 10.1 Å². The van der Waals surface area contributed by atoms with Crippen LogP contribution >= 0.6 is 0 Å². The molecule has 3 N–H and O–H groups in total. The van der Waals surface area contributed by atoms with E-state index in [1.807, 2.05) is 5.43 Å². The molecule has 1 aliphatic rings. The van der Waals surface area contributed by atoms with E-state index in [4.69, 9.17) is 5.11 Å². The summed E-state index contributed by atoms with van der Waals surface area (Å²) in [6, 6.07) is 0. The van der Waals surface area contributed by atoms with Crippen LogP contribution in [0.15, 0.2) is 12.3 Å². The highest BCUT2D eigenvalue weighted by Crippen LogP contribution is 2.10. The molecule has 1 heterocycles. The molecule has 11 heavy (non-hydrogen) atoms. The van der Waals surface area contributed by atoms with Crippen molar-refractivity contribution in [2.75, 3.05) is 0 Å². The third-order valence-corrected chi connectivity index (χ3v) is 1.28. The summed E-state index contributed by atoms with van der Waals surface area (Å²) < 4.78 is 0. The van der Waals surface area contributed by atoms with Gasteiger partial charge in [0.1, 0.15) is 0 Å². The number of nitrogens with zero attached hydrogens (tertiary/aromatic N) is 1. The third kappa shape index (κ3) is 0.905. The summed E-state index contributed by atoms with van der Waals surface area (Å²) in [5, 5.41) is 18.7. The first kappa shape index (κ1) is 7.48. The van der Waals surface area contributed by atoms with Gasteiger partial charge in [-0.25, -0.2) is 4.79 Å². The number of carboxylic acid groups (broad SMARTS) is 1. The first-order chi connectivity index (χ1) is 5.09. The molecule has 0 fully saturated rings. The van der Waals surface area contributed by atoms with Crippen LogP contribution in [0.25, 0.3) is 0 Å².